The van der Waals surface area contributed by atoms with Crippen LogP contribution in [-0.4, -0.2) is 61.6 Å². The number of hydrogen-bond donors (Lipinski definition) is 1. The Labute approximate surface area is 190 Å². The zero-order valence-corrected chi connectivity index (χ0v) is 19.5. The molecule has 0 spiro atoms. The highest BCUT2D eigenvalue weighted by molar-refractivity contribution is 8.13. The van der Waals surface area contributed by atoms with Crippen molar-refractivity contribution in [3.8, 4) is 6.07 Å². The van der Waals surface area contributed by atoms with Crippen LogP contribution in [0.2, 0.25) is 0 Å². The summed E-state index contributed by atoms with van der Waals surface area (Å²) in [5.41, 5.74) is 0.614. The van der Waals surface area contributed by atoms with Crippen molar-refractivity contribution in [1.82, 2.24) is 0 Å². The number of rotatable bonds is 4. The van der Waals surface area contributed by atoms with Crippen LogP contribution < -0.4 is 5.32 Å². The lowest BCUT2D eigenvalue weighted by atomic mass is 9.92. The molecule has 0 saturated carbocycles. The molecule has 5 unspecified atom stereocenters. The minimum absolute atomic E-state index is 0.236. The van der Waals surface area contributed by atoms with Crippen LogP contribution in [0.3, 0.4) is 0 Å². The van der Waals surface area contributed by atoms with Crippen molar-refractivity contribution in [1.29, 1.82) is 5.26 Å². The largest absolute Gasteiger partial charge is 0.365 e. The molecule has 3 saturated heterocycles. The maximum Gasteiger partial charge on any atom is 0.220 e. The highest BCUT2D eigenvalue weighted by Gasteiger charge is 2.65. The Kier molecular flexibility index (Phi) is 5.80. The third kappa shape index (κ3) is 3.70. The Morgan fingerprint density at radius 3 is 2.97 bits per heavy atom. The van der Waals surface area contributed by atoms with Gasteiger partial charge in [0, 0.05) is 17.6 Å². The smallest absolute Gasteiger partial charge is 0.220 e. The number of fused-ring (bicyclic) bond motifs is 2. The highest BCUT2D eigenvalue weighted by Crippen LogP contribution is 2.53. The minimum atomic E-state index is -1.29. The molecular weight excluding hydrogens is 438 g/mol. The van der Waals surface area contributed by atoms with Gasteiger partial charge in [-0.3, -0.25) is 4.99 Å². The maximum atomic E-state index is 10.4. The Bertz CT molecular complexity index is 907. The number of nitrogens with one attached hydrogen (secondary N) is 1. The molecule has 168 valence electrons. The Hall–Kier alpha value is -1.19. The zero-order valence-electron chi connectivity index (χ0n) is 17.9. The topological polar surface area (TPSA) is 94.3 Å². The Morgan fingerprint density at radius 2 is 2.23 bits per heavy atom. The molecule has 0 aliphatic carbocycles. The molecule has 5 atom stereocenters. The average Bonchev–Trinajstić information content (AvgIpc) is 3.43. The first-order valence-electron chi connectivity index (χ1n) is 10.6. The number of aliphatic imine (C=N–C) groups is 1. The van der Waals surface area contributed by atoms with Crippen LogP contribution in [0.15, 0.2) is 10.4 Å². The van der Waals surface area contributed by atoms with E-state index in [1.807, 2.05) is 25.5 Å². The van der Waals surface area contributed by atoms with E-state index in [-0.39, 0.29) is 12.9 Å². The Balaban J connectivity index is 1.46. The molecular formula is C21H27N3O5S2. The van der Waals surface area contributed by atoms with Gasteiger partial charge < -0.3 is 29.0 Å². The summed E-state index contributed by atoms with van der Waals surface area (Å²) in [7, 11) is 0. The van der Waals surface area contributed by atoms with E-state index < -0.39 is 29.7 Å². The van der Waals surface area contributed by atoms with Crippen LogP contribution in [0.4, 0.5) is 5.69 Å². The SMILES string of the molecule is CSC1=NCNc2c1csc2C1(C#N)OC(COC2CCCCO2)C2OC(C)(C)OC21. The van der Waals surface area contributed by atoms with Gasteiger partial charge in [-0.1, -0.05) is 0 Å². The summed E-state index contributed by atoms with van der Waals surface area (Å²) in [5.74, 6) is -0.808. The molecule has 0 bridgehead atoms. The predicted octanol–water partition coefficient (Wildman–Crippen LogP) is 3.42. The van der Waals surface area contributed by atoms with E-state index >= 15 is 0 Å². The fourth-order valence-electron chi connectivity index (χ4n) is 4.66. The summed E-state index contributed by atoms with van der Waals surface area (Å²) in [6.07, 6.45) is 3.37. The van der Waals surface area contributed by atoms with Gasteiger partial charge in [-0.25, -0.2) is 0 Å². The molecule has 4 aliphatic heterocycles. The number of ether oxygens (including phenoxy) is 5. The number of nitrogens with zero attached hydrogens (tertiary/aromatic N) is 2. The molecule has 1 N–H and O–H groups in total. The van der Waals surface area contributed by atoms with Gasteiger partial charge in [-0.2, -0.15) is 5.26 Å². The molecule has 5 rings (SSSR count). The van der Waals surface area contributed by atoms with E-state index in [1.165, 1.54) is 11.3 Å². The maximum absolute atomic E-state index is 10.4. The quantitative estimate of drug-likeness (QED) is 0.723. The first kappa shape index (κ1) is 21.6. The van der Waals surface area contributed by atoms with Crippen LogP contribution >= 0.6 is 23.1 Å². The molecule has 0 radical (unpaired) electrons. The second-order valence-corrected chi connectivity index (χ2v) is 10.2. The van der Waals surface area contributed by atoms with Crippen molar-refractivity contribution in [3.05, 3.63) is 15.8 Å². The minimum Gasteiger partial charge on any atom is -0.365 e. The normalized spacial score (nSPS) is 36.3. The van der Waals surface area contributed by atoms with E-state index in [9.17, 15) is 5.26 Å². The van der Waals surface area contributed by atoms with Gasteiger partial charge in [0.2, 0.25) is 5.60 Å². The summed E-state index contributed by atoms with van der Waals surface area (Å²) in [4.78, 5) is 5.33. The van der Waals surface area contributed by atoms with Gasteiger partial charge >= 0.3 is 0 Å². The van der Waals surface area contributed by atoms with E-state index in [0.29, 0.717) is 13.3 Å². The standard InChI is InChI=1S/C21H27N3O5S2/c1-20(2)28-16-13(8-26-14-6-4-5-7-25-14)27-21(10-22,17(16)29-20)18-15-12(9-31-18)19(30-3)24-11-23-15/h9,13-14,16-17,23H,4-8,11H2,1-3H3. The van der Waals surface area contributed by atoms with Crippen molar-refractivity contribution >= 4 is 33.8 Å². The fourth-order valence-corrected chi connectivity index (χ4v) is 6.46. The van der Waals surface area contributed by atoms with Gasteiger partial charge in [0.15, 0.2) is 12.1 Å². The molecule has 31 heavy (non-hydrogen) atoms. The molecule has 5 heterocycles. The Morgan fingerprint density at radius 1 is 1.35 bits per heavy atom. The van der Waals surface area contributed by atoms with Crippen molar-refractivity contribution in [2.45, 2.75) is 69.1 Å². The molecule has 3 fully saturated rings. The number of nitriles is 1. The molecule has 8 nitrogen and oxygen atoms in total. The third-order valence-electron chi connectivity index (χ3n) is 6.01. The fraction of sp³-hybridized carbons (Fsp3) is 0.714. The van der Waals surface area contributed by atoms with Crippen molar-refractivity contribution in [3.63, 3.8) is 0 Å². The van der Waals surface area contributed by atoms with Gasteiger partial charge in [-0.15, -0.1) is 23.1 Å². The second kappa shape index (κ2) is 8.30. The second-order valence-electron chi connectivity index (χ2n) is 8.51. The van der Waals surface area contributed by atoms with Crippen molar-refractivity contribution in [2.75, 3.05) is 31.5 Å². The summed E-state index contributed by atoms with van der Waals surface area (Å²) in [5, 5.41) is 16.8. The van der Waals surface area contributed by atoms with E-state index in [2.05, 4.69) is 16.4 Å². The van der Waals surface area contributed by atoms with Crippen LogP contribution in [0.25, 0.3) is 0 Å². The lowest BCUT2D eigenvalue weighted by molar-refractivity contribution is -0.221. The lowest BCUT2D eigenvalue weighted by Gasteiger charge is -2.30. The lowest BCUT2D eigenvalue weighted by Crippen LogP contribution is -2.39. The third-order valence-corrected chi connectivity index (χ3v) is 7.85. The van der Waals surface area contributed by atoms with E-state index in [4.69, 9.17) is 23.7 Å². The summed E-state index contributed by atoms with van der Waals surface area (Å²) in [6, 6.07) is 2.45. The van der Waals surface area contributed by atoms with Crippen molar-refractivity contribution < 1.29 is 23.7 Å². The summed E-state index contributed by atoms with van der Waals surface area (Å²) >= 11 is 3.09. The number of hydrogen-bond acceptors (Lipinski definition) is 10. The summed E-state index contributed by atoms with van der Waals surface area (Å²) < 4.78 is 30.6. The van der Waals surface area contributed by atoms with Crippen LogP contribution in [0, 0.1) is 11.3 Å². The number of thiophene rings is 1. The summed E-state index contributed by atoms with van der Waals surface area (Å²) in [6.45, 7) is 5.21. The molecule has 4 aliphatic rings. The van der Waals surface area contributed by atoms with E-state index in [1.54, 1.807) is 11.8 Å². The van der Waals surface area contributed by atoms with Gasteiger partial charge in [0.1, 0.15) is 36.1 Å². The first-order valence-corrected chi connectivity index (χ1v) is 12.7. The van der Waals surface area contributed by atoms with Crippen LogP contribution in [-0.2, 0) is 29.3 Å². The zero-order chi connectivity index (χ0) is 21.6. The molecule has 1 aromatic rings. The first-order chi connectivity index (χ1) is 15.0. The monoisotopic (exact) mass is 465 g/mol. The molecule has 10 heteroatoms. The van der Waals surface area contributed by atoms with Gasteiger partial charge in [-0.05, 0) is 39.4 Å². The number of thioether (sulfide) groups is 1. The van der Waals surface area contributed by atoms with Crippen molar-refractivity contribution in [2.24, 2.45) is 4.99 Å². The molecule has 0 aromatic carbocycles. The van der Waals surface area contributed by atoms with Crippen LogP contribution in [0.5, 0.6) is 0 Å². The highest BCUT2D eigenvalue weighted by atomic mass is 32.2. The van der Waals surface area contributed by atoms with Gasteiger partial charge in [0.25, 0.3) is 0 Å². The number of anilines is 1. The molecule has 0 amide bonds. The molecule has 1 aromatic heterocycles. The van der Waals surface area contributed by atoms with Gasteiger partial charge in [0.05, 0.1) is 17.2 Å². The average molecular weight is 466 g/mol. The van der Waals surface area contributed by atoms with Crippen LogP contribution in [0.1, 0.15) is 43.6 Å². The van der Waals surface area contributed by atoms with E-state index in [0.717, 1.165) is 40.4 Å². The predicted molar refractivity (Wildman–Crippen MR) is 118 cm³/mol.